The summed E-state index contributed by atoms with van der Waals surface area (Å²) >= 11 is 0. The van der Waals surface area contributed by atoms with Gasteiger partial charge in [0.25, 0.3) is 0 Å². The van der Waals surface area contributed by atoms with Crippen LogP contribution in [0, 0.1) is 0 Å². The lowest BCUT2D eigenvalue weighted by atomic mass is 10.2. The van der Waals surface area contributed by atoms with Gasteiger partial charge in [-0.2, -0.15) is 0 Å². The number of hydrogen-bond donors (Lipinski definition) is 0. The van der Waals surface area contributed by atoms with E-state index in [2.05, 4.69) is 4.98 Å². The summed E-state index contributed by atoms with van der Waals surface area (Å²) in [4.78, 5) is 6.17. The first-order valence-electron chi connectivity index (χ1n) is 7.39. The number of methoxy groups -OCH3 is 1. The van der Waals surface area contributed by atoms with Crippen molar-refractivity contribution in [2.75, 3.05) is 33.6 Å². The van der Waals surface area contributed by atoms with E-state index in [-0.39, 0.29) is 17.5 Å². The van der Waals surface area contributed by atoms with Crippen LogP contribution in [-0.4, -0.2) is 56.4 Å². The zero-order chi connectivity index (χ0) is 16.9. The molecular formula is C16H23N3O3S. The summed E-state index contributed by atoms with van der Waals surface area (Å²) in [5.74, 6) is -0.0727. The standard InChI is InChI=1S/C16H23N3O3S/c1-18(2)13-15-11-17-16(23(20,21)10-9-22-3)19(15)12-14-7-5-4-6-8-14/h4-8,11H,9-10,12-13H2,1-3H3. The van der Waals surface area contributed by atoms with Crippen molar-refractivity contribution < 1.29 is 13.2 Å². The van der Waals surface area contributed by atoms with Crippen LogP contribution in [0.4, 0.5) is 0 Å². The molecule has 0 atom stereocenters. The van der Waals surface area contributed by atoms with E-state index in [9.17, 15) is 8.42 Å². The highest BCUT2D eigenvalue weighted by atomic mass is 32.2. The maximum absolute atomic E-state index is 12.5. The maximum atomic E-state index is 12.5. The van der Waals surface area contributed by atoms with Crippen LogP contribution in [-0.2, 0) is 27.7 Å². The number of ether oxygens (including phenoxy) is 1. The Bertz CT molecular complexity index is 724. The molecule has 1 aromatic carbocycles. The van der Waals surface area contributed by atoms with E-state index in [0.717, 1.165) is 11.3 Å². The molecule has 0 unspecified atom stereocenters. The van der Waals surface area contributed by atoms with Gasteiger partial charge < -0.3 is 14.2 Å². The highest BCUT2D eigenvalue weighted by Gasteiger charge is 2.23. The first kappa shape index (κ1) is 17.7. The predicted molar refractivity (Wildman–Crippen MR) is 89.1 cm³/mol. The van der Waals surface area contributed by atoms with Crippen LogP contribution in [0.2, 0.25) is 0 Å². The van der Waals surface area contributed by atoms with Crippen molar-refractivity contribution in [2.45, 2.75) is 18.2 Å². The minimum absolute atomic E-state index is 0.0727. The summed E-state index contributed by atoms with van der Waals surface area (Å²) in [6.45, 7) is 1.26. The van der Waals surface area contributed by atoms with Crippen molar-refractivity contribution >= 4 is 9.84 Å². The Morgan fingerprint density at radius 2 is 1.91 bits per heavy atom. The van der Waals surface area contributed by atoms with Crippen LogP contribution < -0.4 is 0 Å². The summed E-state index contributed by atoms with van der Waals surface area (Å²) in [6.07, 6.45) is 1.64. The predicted octanol–water partition coefficient (Wildman–Crippen LogP) is 1.41. The average Bonchev–Trinajstić information content (AvgIpc) is 2.89. The highest BCUT2D eigenvalue weighted by molar-refractivity contribution is 7.91. The Labute approximate surface area is 137 Å². The third kappa shape index (κ3) is 4.63. The van der Waals surface area contributed by atoms with Crippen molar-refractivity contribution in [3.63, 3.8) is 0 Å². The largest absolute Gasteiger partial charge is 0.384 e. The van der Waals surface area contributed by atoms with Gasteiger partial charge in [0.1, 0.15) is 0 Å². The van der Waals surface area contributed by atoms with Crippen molar-refractivity contribution in [1.29, 1.82) is 0 Å². The molecular weight excluding hydrogens is 314 g/mol. The average molecular weight is 337 g/mol. The van der Waals surface area contributed by atoms with E-state index in [1.807, 2.05) is 49.3 Å². The quantitative estimate of drug-likeness (QED) is 0.729. The van der Waals surface area contributed by atoms with E-state index in [1.165, 1.54) is 7.11 Å². The molecule has 23 heavy (non-hydrogen) atoms. The van der Waals surface area contributed by atoms with Crippen molar-refractivity contribution in [1.82, 2.24) is 14.5 Å². The van der Waals surface area contributed by atoms with Gasteiger partial charge in [-0.15, -0.1) is 0 Å². The minimum atomic E-state index is -3.48. The van der Waals surface area contributed by atoms with Gasteiger partial charge in [0.15, 0.2) is 0 Å². The minimum Gasteiger partial charge on any atom is -0.384 e. The lowest BCUT2D eigenvalue weighted by Gasteiger charge is -2.15. The first-order valence-corrected chi connectivity index (χ1v) is 9.04. The zero-order valence-corrected chi connectivity index (χ0v) is 14.6. The van der Waals surface area contributed by atoms with Crippen LogP contribution in [0.25, 0.3) is 0 Å². The summed E-state index contributed by atoms with van der Waals surface area (Å²) in [5.41, 5.74) is 1.91. The summed E-state index contributed by atoms with van der Waals surface area (Å²) in [5, 5.41) is 0.107. The molecule has 126 valence electrons. The Hall–Kier alpha value is -1.70. The second kappa shape index (κ2) is 7.72. The van der Waals surface area contributed by atoms with E-state index < -0.39 is 9.84 Å². The highest BCUT2D eigenvalue weighted by Crippen LogP contribution is 2.17. The van der Waals surface area contributed by atoms with E-state index in [0.29, 0.717) is 13.1 Å². The van der Waals surface area contributed by atoms with Gasteiger partial charge in [-0.1, -0.05) is 30.3 Å². The molecule has 0 saturated heterocycles. The molecule has 1 aromatic heterocycles. The van der Waals surface area contributed by atoms with Crippen LogP contribution in [0.5, 0.6) is 0 Å². The molecule has 0 aliphatic carbocycles. The zero-order valence-electron chi connectivity index (χ0n) is 13.8. The second-order valence-corrected chi connectivity index (χ2v) is 7.66. The molecule has 0 radical (unpaired) electrons. The van der Waals surface area contributed by atoms with Gasteiger partial charge in [0.2, 0.25) is 15.0 Å². The molecule has 0 amide bonds. The second-order valence-electron chi connectivity index (χ2n) is 5.65. The molecule has 0 fully saturated rings. The number of nitrogens with zero attached hydrogens (tertiary/aromatic N) is 3. The van der Waals surface area contributed by atoms with Crippen molar-refractivity contribution in [3.8, 4) is 0 Å². The number of sulfone groups is 1. The SMILES string of the molecule is COCCS(=O)(=O)c1ncc(CN(C)C)n1Cc1ccccc1. The Morgan fingerprint density at radius 3 is 2.52 bits per heavy atom. The summed E-state index contributed by atoms with van der Waals surface area (Å²) in [6, 6.07) is 9.78. The van der Waals surface area contributed by atoms with Gasteiger partial charge in [-0.05, 0) is 19.7 Å². The van der Waals surface area contributed by atoms with Crippen LogP contribution in [0.3, 0.4) is 0 Å². The van der Waals surface area contributed by atoms with E-state index in [4.69, 9.17) is 4.74 Å². The van der Waals surface area contributed by atoms with E-state index in [1.54, 1.807) is 10.8 Å². The Balaban J connectivity index is 2.40. The van der Waals surface area contributed by atoms with E-state index >= 15 is 0 Å². The smallest absolute Gasteiger partial charge is 0.228 e. The molecule has 0 spiro atoms. The monoisotopic (exact) mass is 337 g/mol. The molecule has 0 aliphatic heterocycles. The van der Waals surface area contributed by atoms with Crippen LogP contribution in [0.1, 0.15) is 11.3 Å². The topological polar surface area (TPSA) is 64.4 Å². The van der Waals surface area contributed by atoms with Crippen molar-refractivity contribution in [2.24, 2.45) is 0 Å². The third-order valence-corrected chi connectivity index (χ3v) is 4.98. The van der Waals surface area contributed by atoms with Crippen LogP contribution >= 0.6 is 0 Å². The number of imidazole rings is 1. The molecule has 2 aromatic rings. The summed E-state index contributed by atoms with van der Waals surface area (Å²) in [7, 11) is 1.90. The lowest BCUT2D eigenvalue weighted by Crippen LogP contribution is -2.20. The van der Waals surface area contributed by atoms with Crippen LogP contribution in [0.15, 0.2) is 41.7 Å². The molecule has 6 nitrogen and oxygen atoms in total. The molecule has 0 bridgehead atoms. The first-order chi connectivity index (χ1) is 10.9. The molecule has 7 heteroatoms. The molecule has 2 rings (SSSR count). The summed E-state index contributed by atoms with van der Waals surface area (Å²) < 4.78 is 31.7. The van der Waals surface area contributed by atoms with Gasteiger partial charge in [0, 0.05) is 13.7 Å². The van der Waals surface area contributed by atoms with Gasteiger partial charge in [0.05, 0.1) is 30.8 Å². The normalized spacial score (nSPS) is 12.0. The van der Waals surface area contributed by atoms with Crippen molar-refractivity contribution in [3.05, 3.63) is 47.8 Å². The number of aromatic nitrogens is 2. The molecule has 0 N–H and O–H groups in total. The van der Waals surface area contributed by atoms with Gasteiger partial charge in [-0.25, -0.2) is 13.4 Å². The fraction of sp³-hybridized carbons (Fsp3) is 0.438. The maximum Gasteiger partial charge on any atom is 0.228 e. The number of rotatable bonds is 8. The number of hydrogen-bond acceptors (Lipinski definition) is 5. The Morgan fingerprint density at radius 1 is 1.22 bits per heavy atom. The Kier molecular flexibility index (Phi) is 5.92. The fourth-order valence-corrected chi connectivity index (χ4v) is 3.61. The number of benzene rings is 1. The van der Waals surface area contributed by atoms with Gasteiger partial charge in [-0.3, -0.25) is 0 Å². The molecule has 0 saturated carbocycles. The van der Waals surface area contributed by atoms with Gasteiger partial charge >= 0.3 is 0 Å². The third-order valence-electron chi connectivity index (χ3n) is 3.40. The molecule has 1 heterocycles. The fourth-order valence-electron chi connectivity index (χ4n) is 2.31. The molecule has 0 aliphatic rings. The lowest BCUT2D eigenvalue weighted by molar-refractivity contribution is 0.217.